The lowest BCUT2D eigenvalue weighted by atomic mass is 9.88. The third-order valence-corrected chi connectivity index (χ3v) is 8.29. The maximum Gasteiger partial charge on any atom is 0.224 e. The molecule has 0 saturated carbocycles. The Kier molecular flexibility index (Phi) is 10.1. The molecule has 1 aliphatic rings. The van der Waals surface area contributed by atoms with Crippen LogP contribution in [0, 0.1) is 11.7 Å². The number of ether oxygens (including phenoxy) is 2. The lowest BCUT2D eigenvalue weighted by molar-refractivity contribution is -0.128. The van der Waals surface area contributed by atoms with E-state index in [0.717, 1.165) is 22.3 Å². The number of pyridine rings is 1. The van der Waals surface area contributed by atoms with Crippen LogP contribution < -0.4 is 20.5 Å². The highest BCUT2D eigenvalue weighted by Crippen LogP contribution is 2.34. The molecule has 0 radical (unpaired) electrons. The molecule has 1 aliphatic heterocycles. The van der Waals surface area contributed by atoms with Gasteiger partial charge in [-0.2, -0.15) is 0 Å². The number of fused-ring (bicyclic) bond motifs is 1. The standard InChI is InChI=1S/C34H35ClFN3O5/c1-43-32-13-10-23(18-38-32)21-8-6-20(7-9-21)14-28(37)29(40)16-24(15-22-4-2-3-5-27(22)35)34(42)39-33-26-17-25(36)11-12-31(26)44-19-30(33)41/h2-13,17-18,24,28-30,33,40-41H,14-16,19,37H2,1H3,(H,39,42)/t24-,28+,29+,30-,33+/m1/s1. The van der Waals surface area contributed by atoms with E-state index in [2.05, 4.69) is 10.3 Å². The quantitative estimate of drug-likeness (QED) is 0.193. The molecule has 0 spiro atoms. The topological polar surface area (TPSA) is 127 Å². The minimum atomic E-state index is -1.09. The largest absolute Gasteiger partial charge is 0.490 e. The lowest BCUT2D eigenvalue weighted by Crippen LogP contribution is -2.46. The molecule has 5 rings (SSSR count). The van der Waals surface area contributed by atoms with Gasteiger partial charge >= 0.3 is 0 Å². The second kappa shape index (κ2) is 14.2. The summed E-state index contributed by atoms with van der Waals surface area (Å²) in [5.74, 6) is -0.748. The van der Waals surface area contributed by atoms with Crippen LogP contribution in [0.4, 0.5) is 4.39 Å². The molecular formula is C34H35ClFN3O5. The fourth-order valence-electron chi connectivity index (χ4n) is 5.41. The van der Waals surface area contributed by atoms with E-state index in [4.69, 9.17) is 26.8 Å². The second-order valence-corrected chi connectivity index (χ2v) is 11.4. The number of nitrogens with zero attached hydrogens (tertiary/aromatic N) is 1. The maximum absolute atomic E-state index is 14.1. The average Bonchev–Trinajstić information content (AvgIpc) is 3.03. The van der Waals surface area contributed by atoms with Gasteiger partial charge in [0.1, 0.15) is 24.3 Å². The summed E-state index contributed by atoms with van der Waals surface area (Å²) < 4.78 is 24.7. The van der Waals surface area contributed by atoms with Gasteiger partial charge in [-0.1, -0.05) is 54.1 Å². The fraction of sp³-hybridized carbons (Fsp3) is 0.294. The van der Waals surface area contributed by atoms with E-state index >= 15 is 0 Å². The van der Waals surface area contributed by atoms with Gasteiger partial charge < -0.3 is 30.7 Å². The molecule has 4 aromatic rings. The Morgan fingerprint density at radius 3 is 2.57 bits per heavy atom. The minimum absolute atomic E-state index is 0.0448. The molecule has 0 aliphatic carbocycles. The van der Waals surface area contributed by atoms with E-state index in [9.17, 15) is 19.4 Å². The zero-order valence-electron chi connectivity index (χ0n) is 24.2. The Hall–Kier alpha value is -4.02. The number of aromatic nitrogens is 1. The van der Waals surface area contributed by atoms with Gasteiger partial charge in [-0.3, -0.25) is 4.79 Å². The third-order valence-electron chi connectivity index (χ3n) is 7.92. The van der Waals surface area contributed by atoms with Crippen molar-refractivity contribution in [2.75, 3.05) is 13.7 Å². The minimum Gasteiger partial charge on any atom is -0.490 e. The van der Waals surface area contributed by atoms with Gasteiger partial charge in [0.05, 0.1) is 19.3 Å². The van der Waals surface area contributed by atoms with Crippen LogP contribution in [0.2, 0.25) is 5.02 Å². The van der Waals surface area contributed by atoms with E-state index in [1.807, 2.05) is 42.5 Å². The normalized spacial score (nSPS) is 18.0. The maximum atomic E-state index is 14.1. The Bertz CT molecular complexity index is 1570. The summed E-state index contributed by atoms with van der Waals surface area (Å²) in [5, 5.41) is 25.2. The summed E-state index contributed by atoms with van der Waals surface area (Å²) in [6.45, 7) is -0.0555. The number of carbonyl (C=O) groups excluding carboxylic acids is 1. The van der Waals surface area contributed by atoms with E-state index < -0.39 is 41.9 Å². The lowest BCUT2D eigenvalue weighted by Gasteiger charge is -2.33. The highest BCUT2D eigenvalue weighted by Gasteiger charge is 2.34. The number of methoxy groups -OCH3 is 1. The van der Waals surface area contributed by atoms with Crippen LogP contribution in [0.1, 0.15) is 29.2 Å². The first-order valence-electron chi connectivity index (χ1n) is 14.4. The third kappa shape index (κ3) is 7.54. The molecule has 0 bridgehead atoms. The zero-order chi connectivity index (χ0) is 31.2. The monoisotopic (exact) mass is 619 g/mol. The Morgan fingerprint density at radius 2 is 1.86 bits per heavy atom. The molecule has 1 aromatic heterocycles. The molecule has 5 atom stereocenters. The summed E-state index contributed by atoms with van der Waals surface area (Å²) in [5.41, 5.74) is 10.4. The Morgan fingerprint density at radius 1 is 1.11 bits per heavy atom. The number of aliphatic hydroxyl groups is 2. The number of nitrogens with two attached hydrogens (primary N) is 1. The second-order valence-electron chi connectivity index (χ2n) is 11.0. The number of hydrogen-bond acceptors (Lipinski definition) is 7. The fourth-order valence-corrected chi connectivity index (χ4v) is 5.62. The number of benzene rings is 3. The molecule has 5 N–H and O–H groups in total. The molecule has 2 heterocycles. The summed E-state index contributed by atoms with van der Waals surface area (Å²) in [6.07, 6.45) is 0.287. The molecule has 44 heavy (non-hydrogen) atoms. The summed E-state index contributed by atoms with van der Waals surface area (Å²) in [4.78, 5) is 18.0. The van der Waals surface area contributed by atoms with Crippen molar-refractivity contribution in [3.63, 3.8) is 0 Å². The molecule has 8 nitrogen and oxygen atoms in total. The number of rotatable bonds is 11. The molecule has 0 fully saturated rings. The number of aliphatic hydroxyl groups excluding tert-OH is 2. The van der Waals surface area contributed by atoms with Crippen molar-refractivity contribution in [1.29, 1.82) is 0 Å². The smallest absolute Gasteiger partial charge is 0.224 e. The number of nitrogens with one attached hydrogen (secondary N) is 1. The molecule has 230 valence electrons. The van der Waals surface area contributed by atoms with Crippen LogP contribution in [0.5, 0.6) is 11.6 Å². The van der Waals surface area contributed by atoms with Crippen molar-refractivity contribution in [1.82, 2.24) is 10.3 Å². The summed E-state index contributed by atoms with van der Waals surface area (Å²) >= 11 is 6.42. The molecule has 0 saturated heterocycles. The van der Waals surface area contributed by atoms with E-state index in [1.54, 1.807) is 31.5 Å². The van der Waals surface area contributed by atoms with Crippen molar-refractivity contribution in [2.24, 2.45) is 11.7 Å². The van der Waals surface area contributed by atoms with Crippen molar-refractivity contribution >= 4 is 17.5 Å². The van der Waals surface area contributed by atoms with Gasteiger partial charge in [0.15, 0.2) is 0 Å². The molecular weight excluding hydrogens is 585 g/mol. The van der Waals surface area contributed by atoms with Crippen molar-refractivity contribution in [3.05, 3.63) is 113 Å². The van der Waals surface area contributed by atoms with Crippen LogP contribution in [0.3, 0.4) is 0 Å². The van der Waals surface area contributed by atoms with E-state index in [1.165, 1.54) is 18.2 Å². The van der Waals surface area contributed by atoms with Crippen LogP contribution in [-0.2, 0) is 17.6 Å². The summed E-state index contributed by atoms with van der Waals surface area (Å²) in [6, 6.07) is 21.2. The Labute approximate surface area is 260 Å². The number of halogens is 2. The van der Waals surface area contributed by atoms with E-state index in [-0.39, 0.29) is 19.4 Å². The van der Waals surface area contributed by atoms with Gasteiger partial charge in [0, 0.05) is 40.4 Å². The zero-order valence-corrected chi connectivity index (χ0v) is 25.0. The molecule has 0 unspecified atom stereocenters. The van der Waals surface area contributed by atoms with Crippen LogP contribution >= 0.6 is 11.6 Å². The van der Waals surface area contributed by atoms with E-state index in [0.29, 0.717) is 28.6 Å². The highest BCUT2D eigenvalue weighted by atomic mass is 35.5. The predicted molar refractivity (Wildman–Crippen MR) is 166 cm³/mol. The van der Waals surface area contributed by atoms with Crippen LogP contribution in [-0.4, -0.2) is 53.1 Å². The first-order chi connectivity index (χ1) is 21.2. The van der Waals surface area contributed by atoms with Crippen LogP contribution in [0.25, 0.3) is 11.1 Å². The molecule has 10 heteroatoms. The van der Waals surface area contributed by atoms with Crippen molar-refractivity contribution < 1.29 is 28.9 Å². The highest BCUT2D eigenvalue weighted by molar-refractivity contribution is 6.31. The molecule has 3 aromatic carbocycles. The number of carbonyl (C=O) groups is 1. The van der Waals surface area contributed by atoms with Gasteiger partial charge in [-0.25, -0.2) is 9.37 Å². The molecule has 1 amide bonds. The van der Waals surface area contributed by atoms with Crippen molar-refractivity contribution in [2.45, 2.75) is 43.6 Å². The number of hydrogen-bond donors (Lipinski definition) is 4. The van der Waals surface area contributed by atoms with Crippen LogP contribution in [0.15, 0.2) is 85.1 Å². The van der Waals surface area contributed by atoms with Gasteiger partial charge in [-0.15, -0.1) is 0 Å². The van der Waals surface area contributed by atoms with Gasteiger partial charge in [-0.05, 0) is 66.3 Å². The summed E-state index contributed by atoms with van der Waals surface area (Å²) in [7, 11) is 1.57. The first kappa shape index (κ1) is 31.4. The first-order valence-corrected chi connectivity index (χ1v) is 14.8. The van der Waals surface area contributed by atoms with Gasteiger partial charge in [0.25, 0.3) is 0 Å². The average molecular weight is 620 g/mol. The Balaban J connectivity index is 1.29. The SMILES string of the molecule is COc1ccc(-c2ccc(C[C@H](N)[C@@H](O)C[C@@H](Cc3ccccc3Cl)C(=O)N[C@H]3c4cc(F)ccc4OC[C@H]3O)cc2)cn1. The van der Waals surface area contributed by atoms with Crippen molar-refractivity contribution in [3.8, 4) is 22.8 Å². The predicted octanol–water partition coefficient (Wildman–Crippen LogP) is 4.64. The van der Waals surface area contributed by atoms with Gasteiger partial charge in [0.2, 0.25) is 11.8 Å². The number of amides is 1.